The van der Waals surface area contributed by atoms with Crippen molar-refractivity contribution in [3.8, 4) is 0 Å². The second kappa shape index (κ2) is 14.8. The van der Waals surface area contributed by atoms with Crippen molar-refractivity contribution in [2.24, 2.45) is 16.9 Å². The molecule has 0 aromatic heterocycles. The molecule has 1 aliphatic rings. The highest BCUT2D eigenvalue weighted by molar-refractivity contribution is 5.81. The number of rotatable bonds is 14. The highest BCUT2D eigenvalue weighted by Gasteiger charge is 2.34. The van der Waals surface area contributed by atoms with Crippen molar-refractivity contribution in [1.29, 1.82) is 0 Å². The zero-order valence-corrected chi connectivity index (χ0v) is 21.4. The second-order valence-corrected chi connectivity index (χ2v) is 10.0. The molecule has 2 rings (SSSR count). The van der Waals surface area contributed by atoms with Gasteiger partial charge in [-0.1, -0.05) is 62.8 Å². The first-order valence-corrected chi connectivity index (χ1v) is 12.7. The molecular weight excluding hydrogens is 478 g/mol. The Bertz CT molecular complexity index is 961. The first-order chi connectivity index (χ1) is 17.5. The van der Waals surface area contributed by atoms with Crippen LogP contribution in [0.25, 0.3) is 0 Å². The Labute approximate surface area is 218 Å². The van der Waals surface area contributed by atoms with Gasteiger partial charge in [-0.2, -0.15) is 0 Å². The molecule has 0 bridgehead atoms. The van der Waals surface area contributed by atoms with Crippen molar-refractivity contribution in [2.45, 2.75) is 69.6 Å². The predicted octanol–water partition coefficient (Wildman–Crippen LogP) is 3.10. The van der Waals surface area contributed by atoms with Crippen molar-refractivity contribution < 1.29 is 23.5 Å². The summed E-state index contributed by atoms with van der Waals surface area (Å²) in [5.74, 6) is -2.51. The maximum absolute atomic E-state index is 13.5. The third-order valence-electron chi connectivity index (χ3n) is 6.81. The van der Waals surface area contributed by atoms with Crippen molar-refractivity contribution >= 4 is 11.8 Å². The molecule has 2 amide bonds. The van der Waals surface area contributed by atoms with E-state index in [4.69, 9.17) is 11.5 Å². The van der Waals surface area contributed by atoms with Crippen LogP contribution < -0.4 is 22.1 Å². The van der Waals surface area contributed by atoms with E-state index in [1.807, 2.05) is 30.3 Å². The number of hydrogen-bond acceptors (Lipinski definition) is 5. The summed E-state index contributed by atoms with van der Waals surface area (Å²) in [6.07, 6.45) is 4.37. The fourth-order valence-electron chi connectivity index (χ4n) is 4.68. The number of allylic oxidation sites excluding steroid dienone is 3. The fourth-order valence-corrected chi connectivity index (χ4v) is 4.68. The van der Waals surface area contributed by atoms with E-state index in [-0.39, 0.29) is 29.7 Å². The van der Waals surface area contributed by atoms with Gasteiger partial charge in [0.2, 0.25) is 11.8 Å². The molecular formula is C28H40F2N4O3. The zero-order chi connectivity index (χ0) is 27.4. The van der Waals surface area contributed by atoms with Gasteiger partial charge in [0.1, 0.15) is 17.8 Å². The third kappa shape index (κ3) is 10.6. The van der Waals surface area contributed by atoms with Gasteiger partial charge in [0.15, 0.2) is 0 Å². The molecule has 1 aromatic rings. The minimum absolute atomic E-state index is 0.0386. The molecule has 204 valence electrons. The van der Waals surface area contributed by atoms with E-state index in [0.29, 0.717) is 19.5 Å². The lowest BCUT2D eigenvalue weighted by Gasteiger charge is -2.38. The Morgan fingerprint density at radius 3 is 2.24 bits per heavy atom. The first-order valence-electron chi connectivity index (χ1n) is 12.7. The van der Waals surface area contributed by atoms with Gasteiger partial charge in [0.05, 0.1) is 0 Å². The summed E-state index contributed by atoms with van der Waals surface area (Å²) in [7, 11) is 0. The standard InChI is InChI=1S/C28H40F2N4O3/c1-19(29)13-22(20(2)30)15-23(31)16-25(35)33-17-28(11-7-4-8-12-28)18-34-27(37)26(36)24(32)14-21-9-5-3-6-10-21/h3,5-6,9-10,13,23-24,26,36H,1-2,4,7-8,11-12,14-18,31-32H2,(H,33,35)(H,34,37)/b22-13-. The lowest BCUT2D eigenvalue weighted by molar-refractivity contribution is -0.131. The van der Waals surface area contributed by atoms with Crippen molar-refractivity contribution in [3.05, 3.63) is 72.4 Å². The molecule has 0 aliphatic heterocycles. The Balaban J connectivity index is 1.89. The Morgan fingerprint density at radius 1 is 1.03 bits per heavy atom. The van der Waals surface area contributed by atoms with Gasteiger partial charge in [-0.15, -0.1) is 0 Å². The van der Waals surface area contributed by atoms with Crippen LogP contribution in [0.2, 0.25) is 0 Å². The third-order valence-corrected chi connectivity index (χ3v) is 6.81. The average Bonchev–Trinajstić information content (AvgIpc) is 2.86. The molecule has 0 heterocycles. The molecule has 0 radical (unpaired) electrons. The monoisotopic (exact) mass is 518 g/mol. The summed E-state index contributed by atoms with van der Waals surface area (Å²) in [5.41, 5.74) is 12.6. The summed E-state index contributed by atoms with van der Waals surface area (Å²) < 4.78 is 26.6. The lowest BCUT2D eigenvalue weighted by Crippen LogP contribution is -2.52. The van der Waals surface area contributed by atoms with Crippen LogP contribution in [0.15, 0.2) is 66.8 Å². The highest BCUT2D eigenvalue weighted by Crippen LogP contribution is 2.35. The lowest BCUT2D eigenvalue weighted by atomic mass is 9.73. The van der Waals surface area contributed by atoms with Crippen LogP contribution in [-0.4, -0.2) is 48.2 Å². The predicted molar refractivity (Wildman–Crippen MR) is 141 cm³/mol. The molecule has 0 saturated heterocycles. The number of benzene rings is 1. The summed E-state index contributed by atoms with van der Waals surface area (Å²) >= 11 is 0. The number of aliphatic hydroxyl groups is 1. The van der Waals surface area contributed by atoms with Crippen molar-refractivity contribution in [2.75, 3.05) is 13.1 Å². The molecule has 0 spiro atoms. The minimum atomic E-state index is -1.36. The quantitative estimate of drug-likeness (QED) is 0.242. The van der Waals surface area contributed by atoms with Crippen molar-refractivity contribution in [3.63, 3.8) is 0 Å². The number of nitrogens with one attached hydrogen (secondary N) is 2. The smallest absolute Gasteiger partial charge is 0.250 e. The van der Waals surface area contributed by atoms with Gasteiger partial charge in [0, 0.05) is 37.0 Å². The minimum Gasteiger partial charge on any atom is -0.382 e. The van der Waals surface area contributed by atoms with E-state index in [1.54, 1.807) is 0 Å². The van der Waals surface area contributed by atoms with Crippen LogP contribution in [-0.2, 0) is 16.0 Å². The molecule has 1 saturated carbocycles. The van der Waals surface area contributed by atoms with Gasteiger partial charge < -0.3 is 27.2 Å². The molecule has 1 aromatic carbocycles. The summed E-state index contributed by atoms with van der Waals surface area (Å²) in [5, 5.41) is 16.2. The van der Waals surface area contributed by atoms with E-state index in [2.05, 4.69) is 23.8 Å². The van der Waals surface area contributed by atoms with E-state index in [1.165, 1.54) is 0 Å². The van der Waals surface area contributed by atoms with E-state index in [0.717, 1.165) is 43.7 Å². The molecule has 1 aliphatic carbocycles. The first kappa shape index (κ1) is 30.3. The molecule has 3 unspecified atom stereocenters. The van der Waals surface area contributed by atoms with Gasteiger partial charge in [-0.05, 0) is 42.9 Å². The number of aliphatic hydroxyl groups excluding tert-OH is 1. The number of carbonyl (C=O) groups is 2. The van der Waals surface area contributed by atoms with Crippen LogP contribution in [0.3, 0.4) is 0 Å². The maximum Gasteiger partial charge on any atom is 0.250 e. The van der Waals surface area contributed by atoms with Gasteiger partial charge in [-0.3, -0.25) is 9.59 Å². The maximum atomic E-state index is 13.5. The summed E-state index contributed by atoms with van der Waals surface area (Å²) in [6, 6.07) is 7.92. The summed E-state index contributed by atoms with van der Waals surface area (Å²) in [6.45, 7) is 6.86. The van der Waals surface area contributed by atoms with E-state index in [9.17, 15) is 23.5 Å². The van der Waals surface area contributed by atoms with E-state index >= 15 is 0 Å². The van der Waals surface area contributed by atoms with Gasteiger partial charge >= 0.3 is 0 Å². The van der Waals surface area contributed by atoms with E-state index < -0.39 is 35.7 Å². The molecule has 7 nitrogen and oxygen atoms in total. The molecule has 37 heavy (non-hydrogen) atoms. The van der Waals surface area contributed by atoms with Gasteiger partial charge in [-0.25, -0.2) is 8.78 Å². The molecule has 1 fully saturated rings. The van der Waals surface area contributed by atoms with Crippen molar-refractivity contribution in [1.82, 2.24) is 10.6 Å². The number of carbonyl (C=O) groups excluding carboxylic acids is 2. The second-order valence-electron chi connectivity index (χ2n) is 10.0. The zero-order valence-electron chi connectivity index (χ0n) is 21.4. The van der Waals surface area contributed by atoms with Crippen LogP contribution in [0.5, 0.6) is 0 Å². The average molecular weight is 519 g/mol. The van der Waals surface area contributed by atoms with Gasteiger partial charge in [0.25, 0.3) is 0 Å². The normalized spacial score (nSPS) is 17.8. The Kier molecular flexibility index (Phi) is 12.1. The SMILES string of the molecule is C=C(F)/C=C(/CC(N)CC(=O)NCC1(CNC(=O)C(O)C(N)Cc2ccccc2)CCCCC1)C(=C)F. The number of amides is 2. The van der Waals surface area contributed by atoms with Crippen LogP contribution in [0.4, 0.5) is 8.78 Å². The Morgan fingerprint density at radius 2 is 1.65 bits per heavy atom. The number of hydrogen-bond donors (Lipinski definition) is 5. The largest absolute Gasteiger partial charge is 0.382 e. The highest BCUT2D eigenvalue weighted by atomic mass is 19.1. The summed E-state index contributed by atoms with van der Waals surface area (Å²) in [4.78, 5) is 25.2. The Hall–Kier alpha value is -2.88. The van der Waals surface area contributed by atoms with Crippen LogP contribution in [0.1, 0.15) is 50.5 Å². The fraction of sp³-hybridized carbons (Fsp3) is 0.500. The molecule has 7 N–H and O–H groups in total. The number of nitrogens with two attached hydrogens (primary N) is 2. The molecule has 3 atom stereocenters. The van der Waals surface area contributed by atoms with Crippen LogP contribution >= 0.6 is 0 Å². The number of halogens is 2. The van der Waals surface area contributed by atoms with Crippen LogP contribution in [0, 0.1) is 5.41 Å². The molecule has 9 heteroatoms. The topological polar surface area (TPSA) is 130 Å².